The predicted octanol–water partition coefficient (Wildman–Crippen LogP) is 6.09. The molecule has 1 atom stereocenters. The third-order valence-corrected chi connectivity index (χ3v) is 6.22. The van der Waals surface area contributed by atoms with Crippen molar-refractivity contribution >= 4 is 52.1 Å². The van der Waals surface area contributed by atoms with Crippen LogP contribution in [0.2, 0.25) is 10.0 Å². The van der Waals surface area contributed by atoms with Crippen LogP contribution in [0.5, 0.6) is 0 Å². The van der Waals surface area contributed by atoms with Gasteiger partial charge in [-0.1, -0.05) is 53.5 Å². The molecule has 1 aromatic heterocycles. The minimum absolute atomic E-state index is 0.124. The van der Waals surface area contributed by atoms with Gasteiger partial charge >= 0.3 is 0 Å². The van der Waals surface area contributed by atoms with Crippen LogP contribution in [0.25, 0.3) is 11.3 Å². The summed E-state index contributed by atoms with van der Waals surface area (Å²) in [5.74, 6) is -0.969. The largest absolute Gasteiger partial charge is 0.297 e. The van der Waals surface area contributed by atoms with Crippen molar-refractivity contribution in [2.24, 2.45) is 0 Å². The molecule has 0 fully saturated rings. The van der Waals surface area contributed by atoms with Crippen molar-refractivity contribution in [2.45, 2.75) is 10.8 Å². The molecule has 0 saturated carbocycles. The van der Waals surface area contributed by atoms with E-state index in [9.17, 15) is 10.1 Å². The lowest BCUT2D eigenvalue weighted by Crippen LogP contribution is -2.13. The summed E-state index contributed by atoms with van der Waals surface area (Å²) in [7, 11) is 0. The molecule has 0 N–H and O–H groups in total. The van der Waals surface area contributed by atoms with Crippen LogP contribution >= 0.6 is 46.3 Å². The number of ketones is 1. The highest BCUT2D eigenvalue weighted by Gasteiger charge is 2.24. The van der Waals surface area contributed by atoms with Crippen LogP contribution in [0.15, 0.2) is 58.8 Å². The van der Waals surface area contributed by atoms with E-state index < -0.39 is 5.92 Å². The maximum atomic E-state index is 12.5. The number of nitrogens with zero attached hydrogens (tertiary/aromatic N) is 2. The zero-order valence-electron chi connectivity index (χ0n) is 13.4. The Morgan fingerprint density at radius 2 is 2.00 bits per heavy atom. The molecule has 0 aliphatic carbocycles. The molecule has 130 valence electrons. The number of rotatable bonds is 6. The van der Waals surface area contributed by atoms with Gasteiger partial charge in [0, 0.05) is 20.9 Å². The van der Waals surface area contributed by atoms with Crippen molar-refractivity contribution in [3.63, 3.8) is 0 Å². The van der Waals surface area contributed by atoms with Crippen LogP contribution in [0.3, 0.4) is 0 Å². The van der Waals surface area contributed by atoms with Gasteiger partial charge in [-0.05, 0) is 18.2 Å². The van der Waals surface area contributed by atoms with Gasteiger partial charge in [0.25, 0.3) is 0 Å². The third kappa shape index (κ3) is 4.46. The van der Waals surface area contributed by atoms with E-state index in [-0.39, 0.29) is 11.5 Å². The van der Waals surface area contributed by atoms with Gasteiger partial charge in [-0.25, -0.2) is 4.98 Å². The first-order valence-electron chi connectivity index (χ1n) is 7.59. The van der Waals surface area contributed by atoms with Gasteiger partial charge in [0.1, 0.15) is 5.01 Å². The van der Waals surface area contributed by atoms with Gasteiger partial charge in [0.2, 0.25) is 0 Å². The lowest BCUT2D eigenvalue weighted by atomic mass is 10.1. The predicted molar refractivity (Wildman–Crippen MR) is 108 cm³/mol. The number of thioether (sulfide) groups is 1. The molecule has 3 rings (SSSR count). The summed E-state index contributed by atoms with van der Waals surface area (Å²) in [4.78, 5) is 17.7. The minimum Gasteiger partial charge on any atom is -0.297 e. The summed E-state index contributed by atoms with van der Waals surface area (Å²) in [6, 6.07) is 16.8. The summed E-state index contributed by atoms with van der Waals surface area (Å²) < 4.78 is 0. The molecule has 26 heavy (non-hydrogen) atoms. The molecule has 0 amide bonds. The second-order valence-electron chi connectivity index (χ2n) is 5.33. The number of carbonyl (C=O) groups is 1. The van der Waals surface area contributed by atoms with Gasteiger partial charge in [-0.2, -0.15) is 5.26 Å². The normalized spacial score (nSPS) is 11.7. The second-order valence-corrected chi connectivity index (χ2v) is 8.08. The molecule has 7 heteroatoms. The molecule has 0 spiro atoms. The number of Topliss-reactive ketones (excluding diaryl/α,β-unsaturated/α-hetero) is 1. The van der Waals surface area contributed by atoms with Gasteiger partial charge in [0.15, 0.2) is 11.7 Å². The first-order valence-corrected chi connectivity index (χ1v) is 10.2. The minimum atomic E-state index is -0.886. The van der Waals surface area contributed by atoms with Crippen molar-refractivity contribution in [1.29, 1.82) is 5.26 Å². The Hall–Kier alpha value is -1.84. The van der Waals surface area contributed by atoms with Crippen LogP contribution in [0.1, 0.15) is 10.9 Å². The Morgan fingerprint density at radius 3 is 2.73 bits per heavy atom. The second kappa shape index (κ2) is 8.70. The number of halogens is 2. The zero-order valence-corrected chi connectivity index (χ0v) is 16.5. The molecule has 0 saturated heterocycles. The van der Waals surface area contributed by atoms with E-state index in [0.717, 1.165) is 11.3 Å². The number of thiazole rings is 1. The maximum absolute atomic E-state index is 12.5. The van der Waals surface area contributed by atoms with Crippen LogP contribution in [0.4, 0.5) is 0 Å². The molecule has 3 nitrogen and oxygen atoms in total. The SMILES string of the molecule is N#CC(C(=O)CSc1cc(Cl)ccc1Cl)c1nc(-c2ccccc2)cs1. The van der Waals surface area contributed by atoms with Crippen molar-refractivity contribution in [2.75, 3.05) is 5.75 Å². The Bertz CT molecular complexity index is 967. The summed E-state index contributed by atoms with van der Waals surface area (Å²) >= 11 is 14.7. The first-order chi connectivity index (χ1) is 12.6. The van der Waals surface area contributed by atoms with Crippen molar-refractivity contribution in [1.82, 2.24) is 4.98 Å². The summed E-state index contributed by atoms with van der Waals surface area (Å²) in [5.41, 5.74) is 1.73. The number of nitriles is 1. The first kappa shape index (κ1) is 18.9. The molecular weight excluding hydrogens is 407 g/mol. The molecule has 1 heterocycles. The Labute approximate surface area is 169 Å². The van der Waals surface area contributed by atoms with E-state index in [0.29, 0.717) is 19.9 Å². The Morgan fingerprint density at radius 1 is 1.23 bits per heavy atom. The standard InChI is InChI=1S/C19H12Cl2N2OS2/c20-13-6-7-15(21)18(8-13)25-11-17(24)14(9-22)19-23-16(10-26-19)12-4-2-1-3-5-12/h1-8,10,14H,11H2. The molecule has 3 aromatic rings. The number of carbonyl (C=O) groups excluding carboxylic acids is 1. The van der Waals surface area contributed by atoms with Crippen molar-refractivity contribution in [3.05, 3.63) is 69.0 Å². The zero-order chi connectivity index (χ0) is 18.5. The molecule has 0 aliphatic rings. The number of aromatic nitrogens is 1. The molecule has 2 aromatic carbocycles. The lowest BCUT2D eigenvalue weighted by molar-refractivity contribution is -0.116. The molecule has 0 radical (unpaired) electrons. The smallest absolute Gasteiger partial charge is 0.167 e. The fraction of sp³-hybridized carbons (Fsp3) is 0.105. The highest BCUT2D eigenvalue weighted by atomic mass is 35.5. The third-order valence-electron chi connectivity index (χ3n) is 3.55. The number of benzene rings is 2. The van der Waals surface area contributed by atoms with Crippen LogP contribution < -0.4 is 0 Å². The molecular formula is C19H12Cl2N2OS2. The average molecular weight is 419 g/mol. The Balaban J connectivity index is 1.73. The fourth-order valence-corrected chi connectivity index (χ4v) is 4.54. The monoisotopic (exact) mass is 418 g/mol. The number of hydrogen-bond donors (Lipinski definition) is 0. The van der Waals surface area contributed by atoms with Crippen molar-refractivity contribution < 1.29 is 4.79 Å². The van der Waals surface area contributed by atoms with Crippen LogP contribution in [0, 0.1) is 11.3 Å². The molecule has 0 aliphatic heterocycles. The number of hydrogen-bond acceptors (Lipinski definition) is 5. The topological polar surface area (TPSA) is 53.8 Å². The van der Waals surface area contributed by atoms with E-state index in [2.05, 4.69) is 11.1 Å². The van der Waals surface area contributed by atoms with Gasteiger partial charge in [0.05, 0.1) is 22.5 Å². The summed E-state index contributed by atoms with van der Waals surface area (Å²) in [6.45, 7) is 0. The fourth-order valence-electron chi connectivity index (χ4n) is 2.25. The summed E-state index contributed by atoms with van der Waals surface area (Å²) in [5, 5.41) is 12.9. The lowest BCUT2D eigenvalue weighted by Gasteiger charge is -2.07. The Kier molecular flexibility index (Phi) is 6.33. The van der Waals surface area contributed by atoms with E-state index in [1.165, 1.54) is 23.1 Å². The maximum Gasteiger partial charge on any atom is 0.167 e. The quantitative estimate of drug-likeness (QED) is 0.454. The van der Waals surface area contributed by atoms with E-state index in [1.807, 2.05) is 35.7 Å². The average Bonchev–Trinajstić information content (AvgIpc) is 3.13. The van der Waals surface area contributed by atoms with Gasteiger partial charge in [-0.3, -0.25) is 4.79 Å². The highest BCUT2D eigenvalue weighted by molar-refractivity contribution is 8.00. The molecule has 0 bridgehead atoms. The van der Waals surface area contributed by atoms with E-state index >= 15 is 0 Å². The summed E-state index contributed by atoms with van der Waals surface area (Å²) in [6.07, 6.45) is 0. The highest BCUT2D eigenvalue weighted by Crippen LogP contribution is 2.32. The van der Waals surface area contributed by atoms with Gasteiger partial charge in [-0.15, -0.1) is 23.1 Å². The molecule has 1 unspecified atom stereocenters. The van der Waals surface area contributed by atoms with E-state index in [4.69, 9.17) is 23.2 Å². The van der Waals surface area contributed by atoms with Gasteiger partial charge < -0.3 is 0 Å². The van der Waals surface area contributed by atoms with Crippen molar-refractivity contribution in [3.8, 4) is 17.3 Å². The van der Waals surface area contributed by atoms with Crippen LogP contribution in [-0.2, 0) is 4.79 Å². The van der Waals surface area contributed by atoms with Crippen LogP contribution in [-0.4, -0.2) is 16.5 Å². The van der Waals surface area contributed by atoms with E-state index in [1.54, 1.807) is 18.2 Å².